The van der Waals surface area contributed by atoms with E-state index in [4.69, 9.17) is 9.47 Å². The summed E-state index contributed by atoms with van der Waals surface area (Å²) in [7, 11) is 2.10. The first-order valence-corrected chi connectivity index (χ1v) is 9.81. The molecule has 0 unspecified atom stereocenters. The van der Waals surface area contributed by atoms with E-state index in [0.717, 1.165) is 43.5 Å². The zero-order valence-electron chi connectivity index (χ0n) is 17.6. The van der Waals surface area contributed by atoms with Crippen LogP contribution in [0.2, 0.25) is 0 Å². The fourth-order valence-electron chi connectivity index (χ4n) is 3.57. The molecule has 1 heterocycles. The zero-order chi connectivity index (χ0) is 19.1. The second-order valence-corrected chi connectivity index (χ2v) is 7.17. The van der Waals surface area contributed by atoms with Crippen molar-refractivity contribution in [1.29, 1.82) is 0 Å². The van der Waals surface area contributed by atoms with Crippen LogP contribution in [-0.2, 0) is 19.9 Å². The SMILES string of the molecule is CCCOC(C(=O)OC1CCN(C)CC1)(c1ccccc1)c1ccccc1.[Cl-].[H+]. The molecule has 3 rings (SSSR count). The van der Waals surface area contributed by atoms with E-state index >= 15 is 0 Å². The van der Waals surface area contributed by atoms with E-state index in [1.165, 1.54) is 0 Å². The Hall–Kier alpha value is -1.88. The first kappa shape index (κ1) is 22.4. The van der Waals surface area contributed by atoms with Crippen LogP contribution in [0, 0.1) is 0 Å². The van der Waals surface area contributed by atoms with Crippen LogP contribution >= 0.6 is 0 Å². The summed E-state index contributed by atoms with van der Waals surface area (Å²) in [5.41, 5.74) is 0.382. The molecule has 2 aromatic carbocycles. The molecule has 28 heavy (non-hydrogen) atoms. The molecule has 0 atom stereocenters. The first-order valence-electron chi connectivity index (χ1n) is 9.81. The van der Waals surface area contributed by atoms with Crippen molar-refractivity contribution in [3.05, 3.63) is 71.8 Å². The van der Waals surface area contributed by atoms with E-state index in [9.17, 15) is 4.79 Å². The highest BCUT2D eigenvalue weighted by molar-refractivity contribution is 5.86. The molecule has 4 nitrogen and oxygen atoms in total. The first-order chi connectivity index (χ1) is 13.2. The van der Waals surface area contributed by atoms with Crippen LogP contribution in [0.4, 0.5) is 0 Å². The molecule has 0 spiro atoms. The number of benzene rings is 2. The van der Waals surface area contributed by atoms with Crippen LogP contribution in [-0.4, -0.2) is 43.7 Å². The summed E-state index contributed by atoms with van der Waals surface area (Å²) in [6.07, 6.45) is 2.47. The van der Waals surface area contributed by atoms with Crippen molar-refractivity contribution in [2.75, 3.05) is 26.7 Å². The number of nitrogens with zero attached hydrogens (tertiary/aromatic N) is 1. The van der Waals surface area contributed by atoms with Gasteiger partial charge in [-0.1, -0.05) is 67.6 Å². The molecule has 2 aromatic rings. The molecule has 0 bridgehead atoms. The number of carbonyl (C=O) groups excluding carboxylic acids is 1. The summed E-state index contributed by atoms with van der Waals surface area (Å²) < 4.78 is 12.3. The number of halogens is 1. The van der Waals surface area contributed by atoms with E-state index in [1.807, 2.05) is 67.6 Å². The van der Waals surface area contributed by atoms with Gasteiger partial charge in [0.15, 0.2) is 0 Å². The number of rotatable bonds is 7. The lowest BCUT2D eigenvalue weighted by Crippen LogP contribution is -3.00. The Labute approximate surface area is 175 Å². The molecular formula is C23H30ClNO3. The third kappa shape index (κ3) is 4.93. The van der Waals surface area contributed by atoms with Crippen molar-refractivity contribution in [3.8, 4) is 0 Å². The Kier molecular flexibility index (Phi) is 8.49. The Morgan fingerprint density at radius 2 is 1.54 bits per heavy atom. The van der Waals surface area contributed by atoms with E-state index in [-0.39, 0.29) is 25.9 Å². The fraction of sp³-hybridized carbons (Fsp3) is 0.435. The fourth-order valence-corrected chi connectivity index (χ4v) is 3.57. The molecule has 0 saturated carbocycles. The molecular weight excluding hydrogens is 374 g/mol. The van der Waals surface area contributed by atoms with Gasteiger partial charge in [-0.05, 0) is 37.4 Å². The molecule has 5 heteroatoms. The van der Waals surface area contributed by atoms with Crippen molar-refractivity contribution in [2.45, 2.75) is 37.9 Å². The number of hydrogen-bond donors (Lipinski definition) is 0. The van der Waals surface area contributed by atoms with E-state index < -0.39 is 5.60 Å². The molecule has 1 fully saturated rings. The molecule has 0 aliphatic carbocycles. The number of ether oxygens (including phenoxy) is 2. The normalized spacial score (nSPS) is 15.6. The van der Waals surface area contributed by atoms with Gasteiger partial charge in [-0.25, -0.2) is 4.79 Å². The Morgan fingerprint density at radius 3 is 2.00 bits per heavy atom. The lowest BCUT2D eigenvalue weighted by Gasteiger charge is -2.36. The van der Waals surface area contributed by atoms with Gasteiger partial charge in [0.2, 0.25) is 5.60 Å². The minimum absolute atomic E-state index is 0. The van der Waals surface area contributed by atoms with Crippen molar-refractivity contribution < 1.29 is 28.1 Å². The van der Waals surface area contributed by atoms with Gasteiger partial charge in [0.05, 0.1) is 0 Å². The standard InChI is InChI=1S/C23H29NO3.ClH/c1-3-18-26-23(19-10-6-4-7-11-19,20-12-8-5-9-13-20)22(25)27-21-14-16-24(2)17-15-21;/h4-13,21H,3,14-18H2,1-2H3;1H. The van der Waals surface area contributed by atoms with Gasteiger partial charge in [-0.15, -0.1) is 0 Å². The molecule has 0 amide bonds. The highest BCUT2D eigenvalue weighted by atomic mass is 35.5. The second-order valence-electron chi connectivity index (χ2n) is 7.17. The Bertz CT molecular complexity index is 682. The maximum Gasteiger partial charge on any atom is 1.00 e. The topological polar surface area (TPSA) is 38.8 Å². The second kappa shape index (κ2) is 10.6. The highest BCUT2D eigenvalue weighted by Gasteiger charge is 2.46. The molecule has 1 aliphatic heterocycles. The van der Waals surface area contributed by atoms with Crippen molar-refractivity contribution in [1.82, 2.24) is 4.90 Å². The van der Waals surface area contributed by atoms with Gasteiger partial charge >= 0.3 is 7.40 Å². The number of likely N-dealkylation sites (tertiary alicyclic amines) is 1. The summed E-state index contributed by atoms with van der Waals surface area (Å²) in [5.74, 6) is -0.317. The van der Waals surface area contributed by atoms with E-state index in [0.29, 0.717) is 6.61 Å². The van der Waals surface area contributed by atoms with Gasteiger partial charge < -0.3 is 26.8 Å². The number of hydrogen-bond acceptors (Lipinski definition) is 4. The summed E-state index contributed by atoms with van der Waals surface area (Å²) in [5, 5.41) is 0. The van der Waals surface area contributed by atoms with Gasteiger partial charge in [0.1, 0.15) is 6.10 Å². The summed E-state index contributed by atoms with van der Waals surface area (Å²) in [4.78, 5) is 15.8. The maximum absolute atomic E-state index is 13.6. The average molecular weight is 404 g/mol. The Balaban J connectivity index is 0.00000210. The summed E-state index contributed by atoms with van der Waals surface area (Å²) in [6, 6.07) is 19.4. The Morgan fingerprint density at radius 1 is 1.04 bits per heavy atom. The largest absolute Gasteiger partial charge is 1.00 e. The predicted molar refractivity (Wildman–Crippen MR) is 108 cm³/mol. The monoisotopic (exact) mass is 403 g/mol. The van der Waals surface area contributed by atoms with Gasteiger partial charge in [-0.2, -0.15) is 0 Å². The molecule has 0 aromatic heterocycles. The van der Waals surface area contributed by atoms with Gasteiger partial charge in [0.25, 0.3) is 0 Å². The van der Waals surface area contributed by atoms with Gasteiger partial charge in [0, 0.05) is 19.7 Å². The number of carbonyl (C=O) groups is 1. The lowest BCUT2D eigenvalue weighted by atomic mass is 9.85. The maximum atomic E-state index is 13.6. The van der Waals surface area contributed by atoms with E-state index in [1.54, 1.807) is 0 Å². The lowest BCUT2D eigenvalue weighted by molar-refractivity contribution is -0.176. The van der Waals surface area contributed by atoms with Crippen LogP contribution in [0.3, 0.4) is 0 Å². The van der Waals surface area contributed by atoms with Gasteiger partial charge in [-0.3, -0.25) is 0 Å². The summed E-state index contributed by atoms with van der Waals surface area (Å²) >= 11 is 0. The van der Waals surface area contributed by atoms with Crippen molar-refractivity contribution in [2.24, 2.45) is 0 Å². The van der Waals surface area contributed by atoms with Crippen LogP contribution in [0.1, 0.15) is 38.7 Å². The predicted octanol–water partition coefficient (Wildman–Crippen LogP) is 1.11. The van der Waals surface area contributed by atoms with Crippen LogP contribution in [0.5, 0.6) is 0 Å². The molecule has 0 N–H and O–H groups in total. The number of piperidine rings is 1. The highest BCUT2D eigenvalue weighted by Crippen LogP contribution is 2.36. The van der Waals surface area contributed by atoms with Crippen LogP contribution < -0.4 is 12.4 Å². The third-order valence-electron chi connectivity index (χ3n) is 5.11. The molecule has 152 valence electrons. The quantitative estimate of drug-likeness (QED) is 0.649. The molecule has 1 saturated heterocycles. The summed E-state index contributed by atoms with van der Waals surface area (Å²) in [6.45, 7) is 4.41. The van der Waals surface area contributed by atoms with E-state index in [2.05, 4.69) is 11.9 Å². The molecule has 1 aliphatic rings. The van der Waals surface area contributed by atoms with Crippen molar-refractivity contribution >= 4 is 5.97 Å². The minimum atomic E-state index is -1.23. The van der Waals surface area contributed by atoms with Crippen molar-refractivity contribution in [3.63, 3.8) is 0 Å². The number of esters is 1. The smallest absolute Gasteiger partial charge is 1.00 e. The van der Waals surface area contributed by atoms with Crippen LogP contribution in [0.25, 0.3) is 0 Å². The zero-order valence-corrected chi connectivity index (χ0v) is 17.4. The minimum Gasteiger partial charge on any atom is -1.00 e. The van der Waals surface area contributed by atoms with Crippen LogP contribution in [0.15, 0.2) is 60.7 Å². The third-order valence-corrected chi connectivity index (χ3v) is 5.11. The average Bonchev–Trinajstić information content (AvgIpc) is 2.72. The molecule has 0 radical (unpaired) electrons.